The van der Waals surface area contributed by atoms with E-state index in [2.05, 4.69) is 10.6 Å². The van der Waals surface area contributed by atoms with Crippen molar-refractivity contribution in [2.24, 2.45) is 0 Å². The van der Waals surface area contributed by atoms with Crippen molar-refractivity contribution >= 4 is 17.9 Å². The van der Waals surface area contributed by atoms with Crippen molar-refractivity contribution in [3.05, 3.63) is 0 Å². The van der Waals surface area contributed by atoms with Crippen LogP contribution >= 0.6 is 0 Å². The van der Waals surface area contributed by atoms with E-state index in [-0.39, 0.29) is 38.5 Å². The first-order valence-corrected chi connectivity index (χ1v) is 7.51. The van der Waals surface area contributed by atoms with Gasteiger partial charge in [-0.2, -0.15) is 13.2 Å². The second kappa shape index (κ2) is 7.71. The van der Waals surface area contributed by atoms with Gasteiger partial charge in [0.05, 0.1) is 0 Å². The molecule has 1 aliphatic heterocycles. The number of rotatable bonds is 3. The van der Waals surface area contributed by atoms with E-state index in [1.165, 1.54) is 0 Å². The van der Waals surface area contributed by atoms with E-state index in [1.54, 1.807) is 20.8 Å². The smallest absolute Gasteiger partial charge is 0.444 e. The zero-order valence-corrected chi connectivity index (χ0v) is 13.8. The van der Waals surface area contributed by atoms with Crippen molar-refractivity contribution in [3.63, 3.8) is 0 Å². The fraction of sp³-hybridized carbons (Fsp3) is 0.786. The van der Waals surface area contributed by atoms with Crippen LogP contribution in [0, 0.1) is 0 Å². The van der Waals surface area contributed by atoms with Gasteiger partial charge in [0.25, 0.3) is 0 Å². The molecule has 0 unspecified atom stereocenters. The molecule has 0 spiro atoms. The topological polar surface area (TPSA) is 87.7 Å². The number of carbonyl (C=O) groups excluding carboxylic acids is 3. The second-order valence-corrected chi connectivity index (χ2v) is 6.49. The lowest BCUT2D eigenvalue weighted by atomic mass is 10.0. The molecule has 1 heterocycles. The predicted molar refractivity (Wildman–Crippen MR) is 78.0 cm³/mol. The Bertz CT molecular complexity index is 481. The first-order chi connectivity index (χ1) is 10.9. The molecule has 7 nitrogen and oxygen atoms in total. The van der Waals surface area contributed by atoms with E-state index in [1.807, 2.05) is 0 Å². The first kappa shape index (κ1) is 20.0. The Labute approximate surface area is 137 Å². The van der Waals surface area contributed by atoms with E-state index in [0.29, 0.717) is 0 Å². The maximum atomic E-state index is 12.3. The van der Waals surface area contributed by atoms with E-state index >= 15 is 0 Å². The van der Waals surface area contributed by atoms with E-state index in [0.717, 1.165) is 4.90 Å². The molecule has 0 radical (unpaired) electrons. The summed E-state index contributed by atoms with van der Waals surface area (Å²) in [6, 6.07) is -0.338. The maximum Gasteiger partial charge on any atom is 0.471 e. The number of nitrogens with one attached hydrogen (secondary N) is 2. The molecule has 0 aromatic rings. The Morgan fingerprint density at radius 2 is 1.67 bits per heavy atom. The van der Waals surface area contributed by atoms with Gasteiger partial charge in [-0.25, -0.2) is 4.79 Å². The van der Waals surface area contributed by atoms with Gasteiger partial charge in [0.1, 0.15) is 12.1 Å². The quantitative estimate of drug-likeness (QED) is 0.798. The van der Waals surface area contributed by atoms with Gasteiger partial charge in [0, 0.05) is 19.1 Å². The van der Waals surface area contributed by atoms with Gasteiger partial charge in [-0.15, -0.1) is 0 Å². The summed E-state index contributed by atoms with van der Waals surface area (Å²) in [5.74, 6) is -2.33. The predicted octanol–water partition coefficient (Wildman–Crippen LogP) is 1.18. The van der Waals surface area contributed by atoms with Crippen LogP contribution in [0.25, 0.3) is 0 Å². The minimum Gasteiger partial charge on any atom is -0.444 e. The highest BCUT2D eigenvalue weighted by Crippen LogP contribution is 2.21. The molecule has 0 bridgehead atoms. The van der Waals surface area contributed by atoms with E-state index < -0.39 is 29.7 Å². The molecule has 0 saturated carbocycles. The molecule has 10 heteroatoms. The number of carbonyl (C=O) groups is 3. The van der Waals surface area contributed by atoms with Gasteiger partial charge in [-0.3, -0.25) is 9.59 Å². The van der Waals surface area contributed by atoms with Gasteiger partial charge in [-0.1, -0.05) is 0 Å². The Morgan fingerprint density at radius 1 is 1.12 bits per heavy atom. The number of ether oxygens (including phenoxy) is 1. The highest BCUT2D eigenvalue weighted by Gasteiger charge is 2.43. The Morgan fingerprint density at radius 3 is 2.12 bits per heavy atom. The molecule has 3 amide bonds. The first-order valence-electron chi connectivity index (χ1n) is 7.51. The maximum absolute atomic E-state index is 12.3. The van der Waals surface area contributed by atoms with Gasteiger partial charge in [-0.05, 0) is 33.6 Å². The van der Waals surface area contributed by atoms with Crippen LogP contribution in [0.15, 0.2) is 0 Å². The molecule has 0 aromatic carbocycles. The molecular formula is C14H22F3N3O4. The normalized spacial score (nSPS) is 16.5. The number of piperidine rings is 1. The summed E-state index contributed by atoms with van der Waals surface area (Å²) in [6.45, 7) is 4.59. The number of alkyl carbamates (subject to hydrolysis) is 1. The van der Waals surface area contributed by atoms with Crippen LogP contribution in [0.5, 0.6) is 0 Å². The Hall–Kier alpha value is -2.00. The van der Waals surface area contributed by atoms with Crippen molar-refractivity contribution in [1.82, 2.24) is 15.5 Å². The molecule has 0 aromatic heterocycles. The van der Waals surface area contributed by atoms with Crippen molar-refractivity contribution in [2.75, 3.05) is 19.6 Å². The molecular weight excluding hydrogens is 331 g/mol. The molecule has 2 N–H and O–H groups in total. The summed E-state index contributed by atoms with van der Waals surface area (Å²) in [7, 11) is 0. The van der Waals surface area contributed by atoms with Crippen LogP contribution in [0.2, 0.25) is 0 Å². The SMILES string of the molecule is CC(C)(C)OC(=O)NCC(=O)NC1CCN(C(=O)C(F)(F)F)CC1. The minimum absolute atomic E-state index is 0.0806. The summed E-state index contributed by atoms with van der Waals surface area (Å²) >= 11 is 0. The zero-order valence-electron chi connectivity index (χ0n) is 13.8. The van der Waals surface area contributed by atoms with Gasteiger partial charge >= 0.3 is 18.2 Å². The third-order valence-electron chi connectivity index (χ3n) is 3.18. The van der Waals surface area contributed by atoms with Crippen LogP contribution in [0.4, 0.5) is 18.0 Å². The van der Waals surface area contributed by atoms with Crippen molar-refractivity contribution in [3.8, 4) is 0 Å². The fourth-order valence-corrected chi connectivity index (χ4v) is 2.15. The molecule has 1 saturated heterocycles. The number of hydrogen-bond acceptors (Lipinski definition) is 4. The second-order valence-electron chi connectivity index (χ2n) is 6.49. The lowest BCUT2D eigenvalue weighted by molar-refractivity contribution is -0.186. The number of amides is 3. The van der Waals surface area contributed by atoms with Gasteiger partial charge < -0.3 is 20.3 Å². The molecule has 24 heavy (non-hydrogen) atoms. The van der Waals surface area contributed by atoms with Crippen LogP contribution in [0.3, 0.4) is 0 Å². The molecule has 1 aliphatic rings. The van der Waals surface area contributed by atoms with Crippen LogP contribution in [-0.4, -0.2) is 60.3 Å². The minimum atomic E-state index is -4.88. The number of likely N-dealkylation sites (tertiary alicyclic amines) is 1. The molecule has 1 fully saturated rings. The van der Waals surface area contributed by atoms with Gasteiger partial charge in [0.2, 0.25) is 5.91 Å². The zero-order chi connectivity index (χ0) is 18.5. The number of hydrogen-bond donors (Lipinski definition) is 2. The summed E-state index contributed by atoms with van der Waals surface area (Å²) in [4.78, 5) is 34.9. The largest absolute Gasteiger partial charge is 0.471 e. The van der Waals surface area contributed by atoms with Crippen LogP contribution in [-0.2, 0) is 14.3 Å². The molecule has 138 valence electrons. The molecule has 0 aliphatic carbocycles. The molecule has 0 atom stereocenters. The lowest BCUT2D eigenvalue weighted by Gasteiger charge is -2.32. The number of alkyl halides is 3. The van der Waals surface area contributed by atoms with E-state index in [9.17, 15) is 27.6 Å². The van der Waals surface area contributed by atoms with Crippen molar-refractivity contribution < 1.29 is 32.3 Å². The number of halogens is 3. The third-order valence-corrected chi connectivity index (χ3v) is 3.18. The summed E-state index contributed by atoms with van der Waals surface area (Å²) in [5, 5.41) is 4.90. The number of nitrogens with zero attached hydrogens (tertiary/aromatic N) is 1. The van der Waals surface area contributed by atoms with Crippen LogP contribution in [0.1, 0.15) is 33.6 Å². The van der Waals surface area contributed by atoms with E-state index in [4.69, 9.17) is 4.74 Å². The van der Waals surface area contributed by atoms with Crippen molar-refractivity contribution in [2.45, 2.75) is 51.4 Å². The lowest BCUT2D eigenvalue weighted by Crippen LogP contribution is -2.51. The standard InChI is InChI=1S/C14H22F3N3O4/c1-13(2,3)24-12(23)18-8-10(21)19-9-4-6-20(7-5-9)11(22)14(15,16)17/h9H,4-8H2,1-3H3,(H,18,23)(H,19,21). The highest BCUT2D eigenvalue weighted by molar-refractivity contribution is 5.83. The molecule has 1 rings (SSSR count). The monoisotopic (exact) mass is 353 g/mol. The average Bonchev–Trinajstić information content (AvgIpc) is 2.42. The highest BCUT2D eigenvalue weighted by atomic mass is 19.4. The van der Waals surface area contributed by atoms with Crippen molar-refractivity contribution in [1.29, 1.82) is 0 Å². The third kappa shape index (κ3) is 7.05. The van der Waals surface area contributed by atoms with Gasteiger partial charge in [0.15, 0.2) is 0 Å². The summed E-state index contributed by atoms with van der Waals surface area (Å²) < 4.78 is 41.9. The Kier molecular flexibility index (Phi) is 6.44. The summed E-state index contributed by atoms with van der Waals surface area (Å²) in [6.07, 6.45) is -5.17. The summed E-state index contributed by atoms with van der Waals surface area (Å²) in [5.41, 5.74) is -0.682. The average molecular weight is 353 g/mol. The Balaban J connectivity index is 2.31. The fourth-order valence-electron chi connectivity index (χ4n) is 2.15. The van der Waals surface area contributed by atoms with Crippen LogP contribution < -0.4 is 10.6 Å².